The fourth-order valence-electron chi connectivity index (χ4n) is 2.95. The van der Waals surface area contributed by atoms with Crippen LogP contribution >= 0.6 is 0 Å². The van der Waals surface area contributed by atoms with Gasteiger partial charge in [-0.1, -0.05) is 64.2 Å². The van der Waals surface area contributed by atoms with Crippen LogP contribution < -0.4 is 0 Å². The number of carbonyl (C=O) groups excluding carboxylic acids is 3. The van der Waals surface area contributed by atoms with Crippen molar-refractivity contribution in [1.29, 1.82) is 0 Å². The van der Waals surface area contributed by atoms with Gasteiger partial charge in [-0.2, -0.15) is 0 Å². The zero-order valence-electron chi connectivity index (χ0n) is 15.6. The molecule has 1 heterocycles. The lowest BCUT2D eigenvalue weighted by atomic mass is 9.88. The van der Waals surface area contributed by atoms with Crippen molar-refractivity contribution in [1.82, 2.24) is 4.57 Å². The molecule has 0 saturated carbocycles. The smallest absolute Gasteiger partial charge is 0.329 e. The number of hydrogen-bond acceptors (Lipinski definition) is 4. The van der Waals surface area contributed by atoms with E-state index in [-0.39, 0.29) is 24.0 Å². The lowest BCUT2D eigenvalue weighted by molar-refractivity contribution is -0.169. The topological polar surface area (TPSA) is 63.7 Å². The third-order valence-corrected chi connectivity index (χ3v) is 10.8. The first kappa shape index (κ1) is 19.4. The maximum Gasteiger partial charge on any atom is 0.329 e. The first-order valence-corrected chi connectivity index (χ1v) is 11.5. The van der Waals surface area contributed by atoms with Crippen LogP contribution in [0.3, 0.4) is 0 Å². The number of ether oxygens (including phenoxy) is 1. The molecule has 0 aliphatic carbocycles. The average Bonchev–Trinajstić information content (AvgIpc) is 2.54. The summed E-state index contributed by atoms with van der Waals surface area (Å²) in [6, 6.07) is 8.78. The highest BCUT2D eigenvalue weighted by Crippen LogP contribution is 2.45. The molecular weight excluding hydrogens is 334 g/mol. The average molecular weight is 362 g/mol. The Hall–Kier alpha value is -1.95. The second kappa shape index (κ2) is 7.12. The van der Waals surface area contributed by atoms with Crippen LogP contribution in [0.25, 0.3) is 0 Å². The Labute approximate surface area is 150 Å². The van der Waals surface area contributed by atoms with E-state index in [1.54, 1.807) is 4.57 Å². The Bertz CT molecular complexity index is 651. The summed E-state index contributed by atoms with van der Waals surface area (Å²) in [6.45, 7) is 10.6. The second-order valence-corrected chi connectivity index (χ2v) is 13.2. The lowest BCUT2D eigenvalue weighted by Gasteiger charge is -2.56. The van der Waals surface area contributed by atoms with Crippen LogP contribution in [-0.4, -0.2) is 37.0 Å². The molecule has 2 atom stereocenters. The van der Waals surface area contributed by atoms with E-state index in [2.05, 4.69) is 33.9 Å². The normalized spacial score (nSPS) is 20.8. The van der Waals surface area contributed by atoms with Gasteiger partial charge in [0.25, 0.3) is 0 Å². The molecule has 1 aliphatic heterocycles. The molecule has 0 spiro atoms. The van der Waals surface area contributed by atoms with E-state index in [1.165, 1.54) is 0 Å². The Morgan fingerprint density at radius 3 is 2.36 bits per heavy atom. The summed E-state index contributed by atoms with van der Waals surface area (Å²) in [5, 5.41) is -0.0905. The summed E-state index contributed by atoms with van der Waals surface area (Å²) < 4.78 is 7.20. The van der Waals surface area contributed by atoms with Gasteiger partial charge in [0.1, 0.15) is 18.9 Å². The van der Waals surface area contributed by atoms with Crippen molar-refractivity contribution < 1.29 is 19.1 Å². The Kier molecular flexibility index (Phi) is 5.51. The number of esters is 1. The van der Waals surface area contributed by atoms with Crippen molar-refractivity contribution in [2.24, 2.45) is 5.92 Å². The van der Waals surface area contributed by atoms with E-state index < -0.39 is 26.2 Å². The van der Waals surface area contributed by atoms with E-state index in [9.17, 15) is 14.4 Å². The third-order valence-electron chi connectivity index (χ3n) is 5.47. The molecule has 6 heteroatoms. The minimum atomic E-state index is -2.22. The highest BCUT2D eigenvalue weighted by Gasteiger charge is 2.60. The molecule has 1 aliphatic rings. The molecule has 2 rings (SSSR count). The summed E-state index contributed by atoms with van der Waals surface area (Å²) in [5.74, 6) is -1.10. The number of hydrogen-bond donors (Lipinski definition) is 0. The van der Waals surface area contributed by atoms with Gasteiger partial charge in [0.15, 0.2) is 8.24 Å². The molecule has 25 heavy (non-hydrogen) atoms. The molecule has 1 aromatic carbocycles. The molecule has 1 saturated heterocycles. The first-order valence-electron chi connectivity index (χ1n) is 8.58. The van der Waals surface area contributed by atoms with Crippen LogP contribution in [0.1, 0.15) is 32.8 Å². The van der Waals surface area contributed by atoms with E-state index >= 15 is 0 Å². The minimum Gasteiger partial charge on any atom is -0.459 e. The van der Waals surface area contributed by atoms with Crippen LogP contribution in [0.2, 0.25) is 18.1 Å². The highest BCUT2D eigenvalue weighted by atomic mass is 28.3. The molecule has 1 fully saturated rings. The van der Waals surface area contributed by atoms with Gasteiger partial charge < -0.3 is 14.1 Å². The molecule has 2 unspecified atom stereocenters. The zero-order valence-corrected chi connectivity index (χ0v) is 16.6. The van der Waals surface area contributed by atoms with Crippen molar-refractivity contribution in [2.75, 3.05) is 0 Å². The molecule has 0 N–H and O–H groups in total. The Morgan fingerprint density at radius 2 is 1.84 bits per heavy atom. The Balaban J connectivity index is 2.18. The predicted octanol–water partition coefficient (Wildman–Crippen LogP) is 3.15. The highest BCUT2D eigenvalue weighted by molar-refractivity contribution is 6.80. The number of nitrogens with zero attached hydrogens (tertiary/aromatic N) is 1. The number of carbonyl (C=O) groups is 3. The molecule has 1 amide bonds. The van der Waals surface area contributed by atoms with E-state index in [0.717, 1.165) is 5.56 Å². The minimum absolute atomic E-state index is 0.0645. The van der Waals surface area contributed by atoms with Crippen LogP contribution in [-0.2, 0) is 25.7 Å². The van der Waals surface area contributed by atoms with Gasteiger partial charge in [0.2, 0.25) is 5.91 Å². The Morgan fingerprint density at radius 1 is 1.24 bits per heavy atom. The van der Waals surface area contributed by atoms with Crippen LogP contribution in [0.5, 0.6) is 0 Å². The van der Waals surface area contributed by atoms with Gasteiger partial charge >= 0.3 is 5.97 Å². The summed E-state index contributed by atoms with van der Waals surface area (Å²) >= 11 is 0. The van der Waals surface area contributed by atoms with Crippen molar-refractivity contribution in [3.8, 4) is 0 Å². The molecule has 1 aromatic rings. The summed E-state index contributed by atoms with van der Waals surface area (Å²) in [4.78, 5) is 36.3. The van der Waals surface area contributed by atoms with Gasteiger partial charge in [-0.05, 0) is 10.6 Å². The largest absolute Gasteiger partial charge is 0.459 e. The molecular formula is C19H27NO4Si. The summed E-state index contributed by atoms with van der Waals surface area (Å²) in [6.07, 6.45) is 0.776. The van der Waals surface area contributed by atoms with Crippen molar-refractivity contribution in [2.45, 2.75) is 58.0 Å². The van der Waals surface area contributed by atoms with Gasteiger partial charge in [0.05, 0.1) is 5.92 Å². The van der Waals surface area contributed by atoms with Crippen molar-refractivity contribution >= 4 is 26.4 Å². The molecule has 5 nitrogen and oxygen atoms in total. The zero-order chi connectivity index (χ0) is 18.8. The monoisotopic (exact) mass is 361 g/mol. The quantitative estimate of drug-likeness (QED) is 0.338. The fourth-order valence-corrected chi connectivity index (χ4v) is 5.37. The van der Waals surface area contributed by atoms with Gasteiger partial charge in [-0.25, -0.2) is 4.79 Å². The summed E-state index contributed by atoms with van der Waals surface area (Å²) in [5.41, 5.74) is 0.896. The number of aldehydes is 1. The van der Waals surface area contributed by atoms with Crippen LogP contribution in [0, 0.1) is 5.92 Å². The first-order chi connectivity index (χ1) is 11.6. The molecule has 0 aromatic heterocycles. The number of rotatable bonds is 6. The number of amides is 1. The number of benzene rings is 1. The van der Waals surface area contributed by atoms with Gasteiger partial charge in [0, 0.05) is 6.42 Å². The SMILES string of the molecule is CC(C)(C)[Si](C)(C)N1C(=O)C(CC=O)C1C(=O)OCc1ccccc1. The predicted molar refractivity (Wildman–Crippen MR) is 98.2 cm³/mol. The van der Waals surface area contributed by atoms with Crippen molar-refractivity contribution in [3.63, 3.8) is 0 Å². The van der Waals surface area contributed by atoms with Crippen LogP contribution in [0.15, 0.2) is 30.3 Å². The third kappa shape index (κ3) is 3.68. The fraction of sp³-hybridized carbons (Fsp3) is 0.526. The molecule has 136 valence electrons. The van der Waals surface area contributed by atoms with Crippen LogP contribution in [0.4, 0.5) is 0 Å². The number of β-lactam (4-membered cyclic amide) rings is 1. The van der Waals surface area contributed by atoms with E-state index in [0.29, 0.717) is 6.29 Å². The van der Waals surface area contributed by atoms with E-state index in [1.807, 2.05) is 30.3 Å². The van der Waals surface area contributed by atoms with Gasteiger partial charge in [-0.15, -0.1) is 0 Å². The van der Waals surface area contributed by atoms with E-state index in [4.69, 9.17) is 4.74 Å². The maximum atomic E-state index is 12.7. The maximum absolute atomic E-state index is 12.7. The summed E-state index contributed by atoms with van der Waals surface area (Å²) in [7, 11) is -2.22. The lowest BCUT2D eigenvalue weighted by Crippen LogP contribution is -2.75. The van der Waals surface area contributed by atoms with Crippen molar-refractivity contribution in [3.05, 3.63) is 35.9 Å². The molecule has 0 bridgehead atoms. The molecule has 0 radical (unpaired) electrons. The standard InChI is InChI=1S/C19H27NO4Si/c1-19(2,3)25(4,5)20-16(15(11-12-21)17(20)22)18(23)24-13-14-9-7-6-8-10-14/h6-10,12,15-16H,11,13H2,1-5H3. The van der Waals surface area contributed by atoms with Gasteiger partial charge in [-0.3, -0.25) is 4.79 Å². The second-order valence-electron chi connectivity index (χ2n) is 8.06.